The van der Waals surface area contributed by atoms with Crippen LogP contribution in [0.15, 0.2) is 97.2 Å². The Kier molecular flexibility index (Phi) is 57.4. The summed E-state index contributed by atoms with van der Waals surface area (Å²) in [6.07, 6.45) is 79.0. The minimum absolute atomic E-state index is 0.141. The first-order valence-corrected chi connectivity index (χ1v) is 32.4. The van der Waals surface area contributed by atoms with E-state index in [1.165, 1.54) is 135 Å². The number of nitrogens with zero attached hydrogens (tertiary/aromatic N) is 1. The van der Waals surface area contributed by atoms with E-state index < -0.39 is 24.3 Å². The van der Waals surface area contributed by atoms with Gasteiger partial charge in [0.15, 0.2) is 12.4 Å². The van der Waals surface area contributed by atoms with Crippen LogP contribution in [-0.4, -0.2) is 82.3 Å². The van der Waals surface area contributed by atoms with Crippen molar-refractivity contribution in [2.45, 2.75) is 283 Å². The molecule has 0 saturated heterocycles. The number of carboxylic acid groups (broad SMARTS) is 1. The third-order valence-corrected chi connectivity index (χ3v) is 13.8. The van der Waals surface area contributed by atoms with Crippen LogP contribution in [0.25, 0.3) is 0 Å². The molecule has 0 heterocycles. The number of hydrogen-bond acceptors (Lipinski definition) is 8. The normalized spacial score (nSPS) is 13.4. The van der Waals surface area contributed by atoms with Crippen LogP contribution in [0.4, 0.5) is 0 Å². The second kappa shape index (κ2) is 60.3. The molecule has 9 nitrogen and oxygen atoms in total. The van der Waals surface area contributed by atoms with Gasteiger partial charge in [-0.3, -0.25) is 9.59 Å². The van der Waals surface area contributed by atoms with Crippen molar-refractivity contribution in [2.75, 3.05) is 47.5 Å². The third-order valence-electron chi connectivity index (χ3n) is 13.8. The highest BCUT2D eigenvalue weighted by Gasteiger charge is 2.22. The van der Waals surface area contributed by atoms with Gasteiger partial charge in [0.05, 0.1) is 40.3 Å². The topological polar surface area (TPSA) is 111 Å². The van der Waals surface area contributed by atoms with Gasteiger partial charge in [-0.05, 0) is 96.3 Å². The lowest BCUT2D eigenvalue weighted by Crippen LogP contribution is -2.44. The standard InChI is InChI=1S/C70H121NO8/c1-6-8-10-12-14-16-18-20-22-24-26-28-30-32-33-34-35-37-38-40-42-44-46-48-50-52-54-56-58-60-67(72)77-64-66(65-78-70(69(74)75)76-63-62-71(3,4)5)79-68(73)61-59-57-55-53-51-49-47-45-43-41-39-36-31-29-27-25-23-21-19-17-15-13-11-9-7-2/h9,11,15,17-18,20-21,23-24,26-27,29,36,39,43,45,66,70H,6-8,10,12-14,16,19,22,25,28,30-35,37-38,40-42,44,46-65H2,1-5H3/b11-9-,17-15-,20-18-,23-21-,26-24-,29-27-,39-36-,45-43-. The number of rotatable bonds is 59. The van der Waals surface area contributed by atoms with Gasteiger partial charge in [-0.1, -0.05) is 259 Å². The number of likely N-dealkylation sites (N-methyl/N-ethyl adjacent to an activating group) is 1. The van der Waals surface area contributed by atoms with Crippen LogP contribution in [0.5, 0.6) is 0 Å². The predicted molar refractivity (Wildman–Crippen MR) is 334 cm³/mol. The van der Waals surface area contributed by atoms with E-state index in [-0.39, 0.29) is 38.6 Å². The van der Waals surface area contributed by atoms with Crippen LogP contribution >= 0.6 is 0 Å². The van der Waals surface area contributed by atoms with Crippen LogP contribution in [0.3, 0.4) is 0 Å². The molecule has 0 aliphatic carbocycles. The van der Waals surface area contributed by atoms with E-state index in [2.05, 4.69) is 111 Å². The van der Waals surface area contributed by atoms with Gasteiger partial charge in [0.1, 0.15) is 13.2 Å². The van der Waals surface area contributed by atoms with Crippen molar-refractivity contribution in [3.63, 3.8) is 0 Å². The number of carbonyl (C=O) groups excluding carboxylic acids is 3. The van der Waals surface area contributed by atoms with Gasteiger partial charge < -0.3 is 33.3 Å². The molecule has 2 unspecified atom stereocenters. The summed E-state index contributed by atoms with van der Waals surface area (Å²) in [5.74, 6) is -2.30. The van der Waals surface area contributed by atoms with Gasteiger partial charge in [-0.15, -0.1) is 0 Å². The van der Waals surface area contributed by atoms with E-state index >= 15 is 0 Å². The maximum Gasteiger partial charge on any atom is 0.306 e. The van der Waals surface area contributed by atoms with E-state index in [0.29, 0.717) is 17.4 Å². The van der Waals surface area contributed by atoms with E-state index in [0.717, 1.165) is 103 Å². The Balaban J connectivity index is 4.20. The van der Waals surface area contributed by atoms with Gasteiger partial charge in [-0.25, -0.2) is 0 Å². The van der Waals surface area contributed by atoms with Gasteiger partial charge >= 0.3 is 11.9 Å². The molecule has 0 aliphatic rings. The third kappa shape index (κ3) is 61.7. The molecule has 0 bridgehead atoms. The van der Waals surface area contributed by atoms with Crippen LogP contribution in [-0.2, 0) is 33.3 Å². The highest BCUT2D eigenvalue weighted by molar-refractivity contribution is 5.70. The number of carboxylic acids is 1. The van der Waals surface area contributed by atoms with Crippen LogP contribution < -0.4 is 5.11 Å². The Morgan fingerprint density at radius 2 is 0.722 bits per heavy atom. The zero-order valence-electron chi connectivity index (χ0n) is 51.7. The lowest BCUT2D eigenvalue weighted by Gasteiger charge is -2.26. The molecule has 9 heteroatoms. The van der Waals surface area contributed by atoms with E-state index in [1.54, 1.807) is 0 Å². The summed E-state index contributed by atoms with van der Waals surface area (Å²) in [4.78, 5) is 37.4. The molecule has 0 rings (SSSR count). The van der Waals surface area contributed by atoms with Gasteiger partial charge in [0.2, 0.25) is 0 Å². The summed E-state index contributed by atoms with van der Waals surface area (Å²) in [7, 11) is 5.92. The number of unbranched alkanes of at least 4 members (excludes halogenated alkanes) is 28. The van der Waals surface area contributed by atoms with Crippen LogP contribution in [0.2, 0.25) is 0 Å². The molecule has 454 valence electrons. The summed E-state index contributed by atoms with van der Waals surface area (Å²) in [5.41, 5.74) is 0. The summed E-state index contributed by atoms with van der Waals surface area (Å²) in [5, 5.41) is 11.8. The number of hydrogen-bond donors (Lipinski definition) is 0. The van der Waals surface area contributed by atoms with E-state index in [4.69, 9.17) is 18.9 Å². The first-order valence-electron chi connectivity index (χ1n) is 32.4. The molecular weight excluding hydrogens is 983 g/mol. The lowest BCUT2D eigenvalue weighted by molar-refractivity contribution is -0.870. The first-order chi connectivity index (χ1) is 38.6. The summed E-state index contributed by atoms with van der Waals surface area (Å²) in [6, 6.07) is 0. The van der Waals surface area contributed by atoms with Gasteiger partial charge in [-0.2, -0.15) is 0 Å². The molecule has 79 heavy (non-hydrogen) atoms. The molecular formula is C70H121NO8. The molecule has 0 aromatic heterocycles. The molecule has 0 aromatic carbocycles. The van der Waals surface area contributed by atoms with Crippen molar-refractivity contribution >= 4 is 17.9 Å². The number of aliphatic carboxylic acids is 1. The fourth-order valence-electron chi connectivity index (χ4n) is 8.87. The van der Waals surface area contributed by atoms with Crippen LogP contribution in [0.1, 0.15) is 271 Å². The fraction of sp³-hybridized carbons (Fsp3) is 0.729. The number of allylic oxidation sites excluding steroid dienone is 16. The monoisotopic (exact) mass is 1100 g/mol. The predicted octanol–water partition coefficient (Wildman–Crippen LogP) is 18.4. The molecule has 0 spiro atoms. The minimum Gasteiger partial charge on any atom is -0.545 e. The lowest BCUT2D eigenvalue weighted by atomic mass is 10.0. The smallest absolute Gasteiger partial charge is 0.306 e. The highest BCUT2D eigenvalue weighted by atomic mass is 16.7. The quantitative estimate of drug-likeness (QED) is 0.0195. The molecule has 0 radical (unpaired) electrons. The Labute approximate surface area is 486 Å². The van der Waals surface area contributed by atoms with Crippen molar-refractivity contribution in [1.82, 2.24) is 0 Å². The maximum absolute atomic E-state index is 12.9. The van der Waals surface area contributed by atoms with Crippen molar-refractivity contribution in [2.24, 2.45) is 0 Å². The average molecular weight is 1100 g/mol. The first kappa shape index (κ1) is 75.2. The number of carbonyl (C=O) groups is 3. The zero-order chi connectivity index (χ0) is 57.6. The molecule has 0 fully saturated rings. The molecule has 0 amide bonds. The number of ether oxygens (including phenoxy) is 4. The second-order valence-corrected chi connectivity index (χ2v) is 22.7. The van der Waals surface area contributed by atoms with Crippen molar-refractivity contribution < 1.29 is 42.9 Å². The molecule has 0 aromatic rings. The summed E-state index contributed by atoms with van der Waals surface area (Å²) < 4.78 is 22.7. The van der Waals surface area contributed by atoms with Crippen molar-refractivity contribution in [3.8, 4) is 0 Å². The SMILES string of the molecule is CC/C=C\C/C=C\C/C=C\C/C=C\C/C=C\C/C=C\CCCCCCCCC(=O)OC(COC(=O)CCCCCCCCCCCCCCCCCCC/C=C\C/C=C\CCCCCCC)COC(OCC[N+](C)(C)C)C(=O)[O-]. The van der Waals surface area contributed by atoms with Crippen molar-refractivity contribution in [1.29, 1.82) is 0 Å². The van der Waals surface area contributed by atoms with Crippen molar-refractivity contribution in [3.05, 3.63) is 97.2 Å². The summed E-state index contributed by atoms with van der Waals surface area (Å²) in [6.45, 7) is 4.62. The number of quaternary nitrogens is 1. The Morgan fingerprint density at radius 1 is 0.392 bits per heavy atom. The fourth-order valence-corrected chi connectivity index (χ4v) is 8.87. The van der Waals surface area contributed by atoms with Gasteiger partial charge in [0, 0.05) is 12.8 Å². The Bertz CT molecular complexity index is 1620. The Morgan fingerprint density at radius 3 is 1.08 bits per heavy atom. The summed E-state index contributed by atoms with van der Waals surface area (Å²) >= 11 is 0. The molecule has 0 saturated carbocycles. The largest absolute Gasteiger partial charge is 0.545 e. The van der Waals surface area contributed by atoms with Gasteiger partial charge in [0.25, 0.3) is 0 Å². The molecule has 0 aliphatic heterocycles. The molecule has 0 N–H and O–H groups in total. The number of esters is 2. The highest BCUT2D eigenvalue weighted by Crippen LogP contribution is 2.16. The Hall–Kier alpha value is -3.79. The zero-order valence-corrected chi connectivity index (χ0v) is 51.7. The molecule has 2 atom stereocenters. The maximum atomic E-state index is 12.9. The van der Waals surface area contributed by atoms with E-state index in [9.17, 15) is 19.5 Å². The van der Waals surface area contributed by atoms with Crippen LogP contribution in [0, 0.1) is 0 Å². The second-order valence-electron chi connectivity index (χ2n) is 22.7. The minimum atomic E-state index is -1.63. The van der Waals surface area contributed by atoms with E-state index in [1.807, 2.05) is 21.1 Å². The average Bonchev–Trinajstić information content (AvgIpc) is 3.42.